The summed E-state index contributed by atoms with van der Waals surface area (Å²) in [6.07, 6.45) is 6.87. The number of unbranched alkanes of at least 4 members (excludes halogenated alkanes) is 2. The van der Waals surface area contributed by atoms with Gasteiger partial charge in [0, 0.05) is 11.8 Å². The molecule has 0 radical (unpaired) electrons. The Morgan fingerprint density at radius 2 is 1.38 bits per heavy atom. The fraction of sp³-hybridized carbons (Fsp3) is 0.227. The molecule has 0 spiro atoms. The van der Waals surface area contributed by atoms with E-state index in [2.05, 4.69) is 48.3 Å². The summed E-state index contributed by atoms with van der Waals surface area (Å²) in [5, 5.41) is 9.38. The summed E-state index contributed by atoms with van der Waals surface area (Å²) in [6, 6.07) is 20.0. The van der Waals surface area contributed by atoms with Gasteiger partial charge in [-0.2, -0.15) is 0 Å². The molecule has 0 amide bonds. The van der Waals surface area contributed by atoms with E-state index in [-0.39, 0.29) is 0 Å². The predicted molar refractivity (Wildman–Crippen MR) is 100 cm³/mol. The lowest BCUT2D eigenvalue weighted by Gasteiger charge is -2.06. The predicted octanol–water partition coefficient (Wildman–Crippen LogP) is 5.85. The molecule has 0 fully saturated rings. The van der Waals surface area contributed by atoms with E-state index < -0.39 is 0 Å². The van der Waals surface area contributed by atoms with Crippen LogP contribution in [0.25, 0.3) is 22.4 Å². The number of nitrogens with zero attached hydrogens (tertiary/aromatic N) is 1. The monoisotopic (exact) mass is 317 g/mol. The number of pyridine rings is 1. The Morgan fingerprint density at radius 3 is 1.96 bits per heavy atom. The van der Waals surface area contributed by atoms with E-state index in [0.717, 1.165) is 28.8 Å². The van der Waals surface area contributed by atoms with Crippen LogP contribution in [0.1, 0.15) is 31.7 Å². The highest BCUT2D eigenvalue weighted by molar-refractivity contribution is 5.69. The van der Waals surface area contributed by atoms with Crippen LogP contribution in [0.15, 0.2) is 66.9 Å². The van der Waals surface area contributed by atoms with E-state index in [4.69, 9.17) is 0 Å². The van der Waals surface area contributed by atoms with E-state index in [0.29, 0.717) is 5.75 Å². The molecule has 1 heterocycles. The van der Waals surface area contributed by atoms with Crippen molar-refractivity contribution in [1.82, 2.24) is 4.98 Å². The van der Waals surface area contributed by atoms with Crippen LogP contribution in [-0.4, -0.2) is 10.1 Å². The molecule has 3 aromatic rings. The maximum atomic E-state index is 9.38. The molecule has 2 heteroatoms. The number of phenolic OH excluding ortho intramolecular Hbond substituents is 1. The number of aromatic nitrogens is 1. The summed E-state index contributed by atoms with van der Waals surface area (Å²) in [7, 11) is 0. The number of benzene rings is 2. The normalized spacial score (nSPS) is 10.7. The van der Waals surface area contributed by atoms with Gasteiger partial charge in [-0.3, -0.25) is 4.98 Å². The van der Waals surface area contributed by atoms with Crippen molar-refractivity contribution < 1.29 is 5.11 Å². The molecule has 2 nitrogen and oxygen atoms in total. The molecule has 0 unspecified atom stereocenters. The molecule has 0 aliphatic rings. The van der Waals surface area contributed by atoms with Crippen LogP contribution in [0.2, 0.25) is 0 Å². The summed E-state index contributed by atoms with van der Waals surface area (Å²) >= 11 is 0. The average Bonchev–Trinajstić information content (AvgIpc) is 2.63. The number of aromatic hydroxyl groups is 1. The van der Waals surface area contributed by atoms with Crippen molar-refractivity contribution in [3.05, 3.63) is 72.4 Å². The van der Waals surface area contributed by atoms with E-state index in [1.54, 1.807) is 12.1 Å². The number of hydrogen-bond acceptors (Lipinski definition) is 2. The van der Waals surface area contributed by atoms with Crippen LogP contribution < -0.4 is 0 Å². The van der Waals surface area contributed by atoms with Crippen molar-refractivity contribution in [3.63, 3.8) is 0 Å². The molecule has 0 bridgehead atoms. The number of rotatable bonds is 6. The Balaban J connectivity index is 1.72. The van der Waals surface area contributed by atoms with Crippen molar-refractivity contribution in [2.75, 3.05) is 0 Å². The standard InChI is InChI=1S/C22H23NO/c1-2-3-4-5-17-6-15-22(23-16-17)20-9-7-18(8-10-20)19-11-13-21(24)14-12-19/h6-16,24H,2-5H2,1H3. The van der Waals surface area contributed by atoms with Gasteiger partial charge < -0.3 is 5.11 Å². The van der Waals surface area contributed by atoms with Crippen molar-refractivity contribution >= 4 is 0 Å². The largest absolute Gasteiger partial charge is 0.508 e. The molecule has 2 aromatic carbocycles. The van der Waals surface area contributed by atoms with Gasteiger partial charge in [0.2, 0.25) is 0 Å². The highest BCUT2D eigenvalue weighted by Crippen LogP contribution is 2.25. The lowest BCUT2D eigenvalue weighted by atomic mass is 10.0. The van der Waals surface area contributed by atoms with Crippen LogP contribution in [0.4, 0.5) is 0 Å². The smallest absolute Gasteiger partial charge is 0.115 e. The van der Waals surface area contributed by atoms with Gasteiger partial charge in [-0.15, -0.1) is 0 Å². The number of hydrogen-bond donors (Lipinski definition) is 1. The third-order valence-electron chi connectivity index (χ3n) is 4.28. The van der Waals surface area contributed by atoms with E-state index in [1.807, 2.05) is 18.3 Å². The molecular formula is C22H23NO. The molecule has 24 heavy (non-hydrogen) atoms. The fourth-order valence-corrected chi connectivity index (χ4v) is 2.81. The van der Waals surface area contributed by atoms with Crippen molar-refractivity contribution in [3.8, 4) is 28.1 Å². The first kappa shape index (κ1) is 16.3. The van der Waals surface area contributed by atoms with E-state index in [9.17, 15) is 5.11 Å². The molecule has 122 valence electrons. The summed E-state index contributed by atoms with van der Waals surface area (Å²) < 4.78 is 0. The molecule has 1 N–H and O–H groups in total. The van der Waals surface area contributed by atoms with Crippen LogP contribution in [0.3, 0.4) is 0 Å². The van der Waals surface area contributed by atoms with Gasteiger partial charge in [0.05, 0.1) is 5.69 Å². The number of phenols is 1. The van der Waals surface area contributed by atoms with E-state index >= 15 is 0 Å². The molecule has 0 aliphatic heterocycles. The van der Waals surface area contributed by atoms with Crippen molar-refractivity contribution in [2.45, 2.75) is 32.6 Å². The van der Waals surface area contributed by atoms with Crippen molar-refractivity contribution in [2.24, 2.45) is 0 Å². The Labute approximate surface area is 143 Å². The lowest BCUT2D eigenvalue weighted by molar-refractivity contribution is 0.475. The topological polar surface area (TPSA) is 33.1 Å². The first-order valence-corrected chi connectivity index (χ1v) is 8.61. The highest BCUT2D eigenvalue weighted by Gasteiger charge is 2.02. The zero-order chi connectivity index (χ0) is 16.8. The van der Waals surface area contributed by atoms with Gasteiger partial charge in [-0.1, -0.05) is 62.2 Å². The van der Waals surface area contributed by atoms with Crippen LogP contribution in [-0.2, 0) is 6.42 Å². The second-order valence-corrected chi connectivity index (χ2v) is 6.13. The quantitative estimate of drug-likeness (QED) is 0.578. The molecule has 0 saturated carbocycles. The lowest BCUT2D eigenvalue weighted by Crippen LogP contribution is -1.89. The Hall–Kier alpha value is -2.61. The summed E-state index contributed by atoms with van der Waals surface area (Å²) in [6.45, 7) is 2.23. The molecule has 0 aliphatic carbocycles. The first-order valence-electron chi connectivity index (χ1n) is 8.61. The van der Waals surface area contributed by atoms with Gasteiger partial charge >= 0.3 is 0 Å². The van der Waals surface area contributed by atoms with Gasteiger partial charge in [0.15, 0.2) is 0 Å². The fourth-order valence-electron chi connectivity index (χ4n) is 2.81. The molecule has 0 saturated heterocycles. The maximum absolute atomic E-state index is 9.38. The van der Waals surface area contributed by atoms with Gasteiger partial charge in [-0.25, -0.2) is 0 Å². The average molecular weight is 317 g/mol. The minimum atomic E-state index is 0.290. The Kier molecular flexibility index (Phi) is 5.27. The zero-order valence-corrected chi connectivity index (χ0v) is 14.1. The van der Waals surface area contributed by atoms with Gasteiger partial charge in [0.25, 0.3) is 0 Å². The first-order chi connectivity index (χ1) is 11.8. The molecular weight excluding hydrogens is 294 g/mol. The minimum Gasteiger partial charge on any atom is -0.508 e. The minimum absolute atomic E-state index is 0.290. The second kappa shape index (κ2) is 7.78. The molecule has 3 rings (SSSR count). The Bertz CT molecular complexity index is 759. The highest BCUT2D eigenvalue weighted by atomic mass is 16.3. The number of aryl methyl sites for hydroxylation is 1. The van der Waals surface area contributed by atoms with Crippen LogP contribution in [0.5, 0.6) is 5.75 Å². The third-order valence-corrected chi connectivity index (χ3v) is 4.28. The summed E-state index contributed by atoms with van der Waals surface area (Å²) in [5.74, 6) is 0.290. The zero-order valence-electron chi connectivity index (χ0n) is 14.1. The summed E-state index contributed by atoms with van der Waals surface area (Å²) in [4.78, 5) is 4.61. The second-order valence-electron chi connectivity index (χ2n) is 6.13. The SMILES string of the molecule is CCCCCc1ccc(-c2ccc(-c3ccc(O)cc3)cc2)nc1. The summed E-state index contributed by atoms with van der Waals surface area (Å²) in [5.41, 5.74) is 5.67. The van der Waals surface area contributed by atoms with Gasteiger partial charge in [0.1, 0.15) is 5.75 Å². The third kappa shape index (κ3) is 4.02. The van der Waals surface area contributed by atoms with Crippen LogP contribution >= 0.6 is 0 Å². The maximum Gasteiger partial charge on any atom is 0.115 e. The molecule has 1 aromatic heterocycles. The van der Waals surface area contributed by atoms with E-state index in [1.165, 1.54) is 24.8 Å². The molecule has 0 atom stereocenters. The van der Waals surface area contributed by atoms with Crippen molar-refractivity contribution in [1.29, 1.82) is 0 Å². The van der Waals surface area contributed by atoms with Crippen LogP contribution in [0, 0.1) is 0 Å². The Morgan fingerprint density at radius 1 is 0.750 bits per heavy atom. The van der Waals surface area contributed by atoms with Gasteiger partial charge in [-0.05, 0) is 47.7 Å².